The number of phenolic OH excluding ortho intramolecular Hbond substituents is 2. The van der Waals surface area contributed by atoms with Gasteiger partial charge in [0.25, 0.3) is 0 Å². The number of methoxy groups -OCH3 is 2. The molecule has 2 aliphatic heterocycles. The van der Waals surface area contributed by atoms with Gasteiger partial charge >= 0.3 is 5.97 Å². The lowest BCUT2D eigenvalue weighted by Gasteiger charge is -2.43. The number of esters is 1. The Morgan fingerprint density at radius 1 is 1.10 bits per heavy atom. The molecule has 2 aromatic rings. The molecule has 1 fully saturated rings. The number of hydrogen-bond acceptors (Lipinski definition) is 12. The number of allylic oxidation sites excluding steroid dienone is 2. The van der Waals surface area contributed by atoms with Crippen molar-refractivity contribution in [1.29, 1.82) is 0 Å². The van der Waals surface area contributed by atoms with Crippen LogP contribution in [0.5, 0.6) is 17.2 Å². The first kappa shape index (κ1) is 27.3. The molecule has 6 N–H and O–H groups in total. The molecule has 0 spiro atoms. The van der Waals surface area contributed by atoms with Gasteiger partial charge in [0.2, 0.25) is 5.78 Å². The molecule has 2 bridgehead atoms. The standard InChI is InChI=1S/C30H23NO11/c1-28(39,26(37)27(38)41-3)30-17-8-6-4-5-7-9-18(33)29(30,42-30)14-12-15(32)20-21(22(14)31-17)25(36)19-13(23(20)34)10-11-16(40-2)24(19)35/h4-5,10-12,17-18,26,31-33,35,37,39H,1-3H3. The number of aliphatic hydroxyl groups excluding tert-OH is 2. The van der Waals surface area contributed by atoms with E-state index in [1.165, 1.54) is 31.4 Å². The number of carbonyl (C=O) groups excluding carboxylic acids is 3. The van der Waals surface area contributed by atoms with Gasteiger partial charge in [0.05, 0.1) is 36.6 Å². The summed E-state index contributed by atoms with van der Waals surface area (Å²) in [6.07, 6.45) is -1.27. The number of nitrogens with one attached hydrogen (secondary N) is 1. The number of carbonyl (C=O) groups is 3. The summed E-state index contributed by atoms with van der Waals surface area (Å²) in [6.45, 7) is 1.09. The highest BCUT2D eigenvalue weighted by Crippen LogP contribution is 2.70. The van der Waals surface area contributed by atoms with Crippen molar-refractivity contribution in [2.24, 2.45) is 0 Å². The Hall–Kier alpha value is -4.85. The van der Waals surface area contributed by atoms with Gasteiger partial charge in [-0.3, -0.25) is 9.59 Å². The third kappa shape index (κ3) is 3.09. The molecule has 42 heavy (non-hydrogen) atoms. The number of epoxide rings is 1. The molecule has 214 valence electrons. The van der Waals surface area contributed by atoms with Crippen molar-refractivity contribution in [2.75, 3.05) is 19.5 Å². The Morgan fingerprint density at radius 3 is 2.45 bits per heavy atom. The number of benzene rings is 2. The Balaban J connectivity index is 1.67. The summed E-state index contributed by atoms with van der Waals surface area (Å²) in [7, 11) is 2.27. The average Bonchev–Trinajstić information content (AvgIpc) is 3.70. The number of fused-ring (bicyclic) bond motifs is 4. The topological polar surface area (TPSA) is 195 Å². The van der Waals surface area contributed by atoms with Crippen molar-refractivity contribution >= 4 is 23.2 Å². The fourth-order valence-corrected chi connectivity index (χ4v) is 6.29. The van der Waals surface area contributed by atoms with Crippen LogP contribution in [0, 0.1) is 23.7 Å². The number of aromatic hydroxyl groups is 2. The van der Waals surface area contributed by atoms with Crippen LogP contribution in [0.15, 0.2) is 30.4 Å². The van der Waals surface area contributed by atoms with Crippen LogP contribution in [0.4, 0.5) is 5.69 Å². The SMILES string of the molecule is COC(=O)C(O)C(C)(O)C12OC13c1cc(O)c4c(c1NC2C#CC=CC#CC3O)C(=O)c1c(ccc(OC)c1O)C4=O. The molecule has 1 saturated heterocycles. The zero-order chi connectivity index (χ0) is 30.4. The number of anilines is 1. The molecular weight excluding hydrogens is 550 g/mol. The second-order valence-corrected chi connectivity index (χ2v) is 10.3. The van der Waals surface area contributed by atoms with Crippen molar-refractivity contribution in [3.63, 3.8) is 0 Å². The molecule has 2 aliphatic carbocycles. The maximum Gasteiger partial charge on any atom is 0.337 e. The van der Waals surface area contributed by atoms with E-state index in [0.29, 0.717) is 0 Å². The summed E-state index contributed by atoms with van der Waals surface area (Å²) in [4.78, 5) is 40.0. The molecule has 0 radical (unpaired) electrons. The van der Waals surface area contributed by atoms with Crippen LogP contribution in [0.3, 0.4) is 0 Å². The van der Waals surface area contributed by atoms with Gasteiger partial charge in [0.15, 0.2) is 40.7 Å². The first-order chi connectivity index (χ1) is 19.9. The second-order valence-electron chi connectivity index (χ2n) is 10.3. The molecule has 12 heteroatoms. The predicted molar refractivity (Wildman–Crippen MR) is 142 cm³/mol. The van der Waals surface area contributed by atoms with Crippen molar-refractivity contribution in [3.05, 3.63) is 58.2 Å². The lowest BCUT2D eigenvalue weighted by atomic mass is 9.64. The summed E-state index contributed by atoms with van der Waals surface area (Å²) in [5.41, 5.74) is -8.23. The molecule has 2 heterocycles. The summed E-state index contributed by atoms with van der Waals surface area (Å²) >= 11 is 0. The third-order valence-corrected chi connectivity index (χ3v) is 8.31. The number of ether oxygens (including phenoxy) is 3. The first-order valence-electron chi connectivity index (χ1n) is 12.6. The lowest BCUT2D eigenvalue weighted by molar-refractivity contribution is -0.174. The Morgan fingerprint density at radius 2 is 1.79 bits per heavy atom. The first-order valence-corrected chi connectivity index (χ1v) is 12.6. The van der Waals surface area contributed by atoms with E-state index in [1.54, 1.807) is 0 Å². The number of hydrogen-bond donors (Lipinski definition) is 6. The number of phenols is 2. The minimum atomic E-state index is -2.51. The van der Waals surface area contributed by atoms with Crippen LogP contribution in [-0.4, -0.2) is 86.7 Å². The normalized spacial score (nSPS) is 28.0. The number of ketones is 2. The van der Waals surface area contributed by atoms with E-state index in [2.05, 4.69) is 33.7 Å². The summed E-state index contributed by atoms with van der Waals surface area (Å²) in [5.74, 6) is 6.52. The number of rotatable bonds is 4. The summed E-state index contributed by atoms with van der Waals surface area (Å²) in [6, 6.07) is 2.33. The highest BCUT2D eigenvalue weighted by atomic mass is 16.7. The predicted octanol–water partition coefficient (Wildman–Crippen LogP) is -0.137. The van der Waals surface area contributed by atoms with Gasteiger partial charge in [-0.1, -0.05) is 23.7 Å². The number of aliphatic hydroxyl groups is 3. The Bertz CT molecular complexity index is 1790. The summed E-state index contributed by atoms with van der Waals surface area (Å²) in [5, 5.41) is 59.1. The molecule has 0 aromatic heterocycles. The minimum absolute atomic E-state index is 0.0717. The van der Waals surface area contributed by atoms with E-state index in [1.807, 2.05) is 0 Å². The second kappa shape index (κ2) is 8.82. The molecule has 6 unspecified atom stereocenters. The van der Waals surface area contributed by atoms with Gasteiger partial charge in [-0.2, -0.15) is 0 Å². The fraction of sp³-hybridized carbons (Fsp3) is 0.300. The molecule has 12 nitrogen and oxygen atoms in total. The van der Waals surface area contributed by atoms with Gasteiger partial charge in [-0.25, -0.2) is 4.79 Å². The van der Waals surface area contributed by atoms with E-state index < -0.39 is 64.1 Å². The van der Waals surface area contributed by atoms with Crippen molar-refractivity contribution in [3.8, 4) is 40.9 Å². The van der Waals surface area contributed by atoms with E-state index in [-0.39, 0.29) is 39.3 Å². The average molecular weight is 574 g/mol. The molecule has 0 saturated carbocycles. The monoisotopic (exact) mass is 573 g/mol. The zero-order valence-corrected chi connectivity index (χ0v) is 22.3. The molecule has 0 amide bonds. The Kier molecular flexibility index (Phi) is 5.74. The van der Waals surface area contributed by atoms with Gasteiger partial charge in [-0.15, -0.1) is 0 Å². The molecular formula is C30H23NO11. The van der Waals surface area contributed by atoms with Crippen LogP contribution in [0.2, 0.25) is 0 Å². The van der Waals surface area contributed by atoms with Crippen LogP contribution in [-0.2, 0) is 19.9 Å². The van der Waals surface area contributed by atoms with Gasteiger partial charge in [0.1, 0.15) is 17.4 Å². The highest BCUT2D eigenvalue weighted by molar-refractivity contribution is 6.32. The smallest absolute Gasteiger partial charge is 0.337 e. The van der Waals surface area contributed by atoms with Crippen LogP contribution >= 0.6 is 0 Å². The van der Waals surface area contributed by atoms with E-state index in [4.69, 9.17) is 9.47 Å². The largest absolute Gasteiger partial charge is 0.507 e. The van der Waals surface area contributed by atoms with E-state index in [0.717, 1.165) is 20.1 Å². The molecule has 6 atom stereocenters. The van der Waals surface area contributed by atoms with E-state index >= 15 is 0 Å². The third-order valence-electron chi connectivity index (χ3n) is 8.31. The van der Waals surface area contributed by atoms with Crippen molar-refractivity contribution < 1.29 is 54.1 Å². The van der Waals surface area contributed by atoms with Crippen molar-refractivity contribution in [1.82, 2.24) is 0 Å². The summed E-state index contributed by atoms with van der Waals surface area (Å²) < 4.78 is 15.9. The Labute approximate surface area is 238 Å². The maximum absolute atomic E-state index is 14.0. The van der Waals surface area contributed by atoms with E-state index in [9.17, 15) is 39.9 Å². The van der Waals surface area contributed by atoms with Gasteiger partial charge in [0, 0.05) is 11.1 Å². The van der Waals surface area contributed by atoms with Gasteiger partial charge in [-0.05, 0) is 37.3 Å². The zero-order valence-electron chi connectivity index (χ0n) is 22.3. The highest BCUT2D eigenvalue weighted by Gasteiger charge is 2.87. The molecule has 6 rings (SSSR count). The van der Waals surface area contributed by atoms with Crippen LogP contribution < -0.4 is 10.1 Å². The molecule has 4 aliphatic rings. The quantitative estimate of drug-likeness (QED) is 0.105. The lowest BCUT2D eigenvalue weighted by Crippen LogP contribution is -2.66. The molecule has 2 aromatic carbocycles. The maximum atomic E-state index is 14.0. The van der Waals surface area contributed by atoms with Crippen LogP contribution in [0.1, 0.15) is 44.3 Å². The van der Waals surface area contributed by atoms with Crippen LogP contribution in [0.25, 0.3) is 0 Å². The van der Waals surface area contributed by atoms with Gasteiger partial charge < -0.3 is 45.1 Å². The fourth-order valence-electron chi connectivity index (χ4n) is 6.29. The minimum Gasteiger partial charge on any atom is -0.507 e. The van der Waals surface area contributed by atoms with Crippen molar-refractivity contribution in [2.45, 2.75) is 42.0 Å².